The molecule has 1 N–H and O–H groups in total. The van der Waals surface area contributed by atoms with Crippen molar-refractivity contribution >= 4 is 50.7 Å². The van der Waals surface area contributed by atoms with Crippen LogP contribution in [0.5, 0.6) is 0 Å². The Labute approximate surface area is 275 Å². The molecular weight excluding hydrogens is 629 g/mol. The van der Waals surface area contributed by atoms with Crippen molar-refractivity contribution in [2.75, 3.05) is 17.4 Å². The Bertz CT molecular complexity index is 1730. The standard InChI is InChI=1S/C35H37Cl2N3O4S/c1-4-19-38-35(42)33(22-27-9-6-5-7-10-27)39(23-28-11-8-12-29(36)21-28)34(41)24-40(32-18-15-30(37)20-26(32)3)45(43,44)31-16-13-25(2)14-17-31/h5-18,20-21,33H,4,19,22-24H2,1-3H3,(H,38,42). The van der Waals surface area contributed by atoms with Crippen LogP contribution in [0.15, 0.2) is 102 Å². The number of benzene rings is 4. The summed E-state index contributed by atoms with van der Waals surface area (Å²) in [5, 5.41) is 3.86. The molecule has 0 aliphatic carbocycles. The zero-order valence-electron chi connectivity index (χ0n) is 25.5. The summed E-state index contributed by atoms with van der Waals surface area (Å²) in [5.74, 6) is -0.876. The SMILES string of the molecule is CCCNC(=O)C(Cc1ccccc1)N(Cc1cccc(Cl)c1)C(=O)CN(c1ccc(Cl)cc1C)S(=O)(=O)c1ccc(C)cc1. The second-order valence-corrected chi connectivity index (χ2v) is 13.6. The molecule has 10 heteroatoms. The maximum atomic E-state index is 14.5. The smallest absolute Gasteiger partial charge is 0.264 e. The van der Waals surface area contributed by atoms with E-state index in [4.69, 9.17) is 23.2 Å². The summed E-state index contributed by atoms with van der Waals surface area (Å²) in [6.45, 7) is 5.47. The number of anilines is 1. The quantitative estimate of drug-likeness (QED) is 0.167. The maximum Gasteiger partial charge on any atom is 0.264 e. The topological polar surface area (TPSA) is 86.8 Å². The van der Waals surface area contributed by atoms with Crippen LogP contribution in [0.4, 0.5) is 5.69 Å². The predicted molar refractivity (Wildman–Crippen MR) is 181 cm³/mol. The van der Waals surface area contributed by atoms with E-state index >= 15 is 0 Å². The lowest BCUT2D eigenvalue weighted by atomic mass is 10.0. The second-order valence-electron chi connectivity index (χ2n) is 10.9. The molecule has 0 fully saturated rings. The van der Waals surface area contributed by atoms with Crippen molar-refractivity contribution in [3.63, 3.8) is 0 Å². The molecule has 0 saturated heterocycles. The number of nitrogens with zero attached hydrogens (tertiary/aromatic N) is 2. The van der Waals surface area contributed by atoms with Gasteiger partial charge in [-0.2, -0.15) is 0 Å². The van der Waals surface area contributed by atoms with Crippen molar-refractivity contribution in [3.8, 4) is 0 Å². The Kier molecular flexibility index (Phi) is 11.7. The highest BCUT2D eigenvalue weighted by molar-refractivity contribution is 7.92. The van der Waals surface area contributed by atoms with Crippen molar-refractivity contribution < 1.29 is 18.0 Å². The van der Waals surface area contributed by atoms with Crippen molar-refractivity contribution in [1.82, 2.24) is 10.2 Å². The minimum Gasteiger partial charge on any atom is -0.354 e. The molecule has 4 rings (SSSR count). The summed E-state index contributed by atoms with van der Waals surface area (Å²) >= 11 is 12.5. The van der Waals surface area contributed by atoms with Crippen LogP contribution in [0, 0.1) is 13.8 Å². The summed E-state index contributed by atoms with van der Waals surface area (Å²) in [4.78, 5) is 29.7. The van der Waals surface area contributed by atoms with E-state index < -0.39 is 28.5 Å². The third-order valence-electron chi connectivity index (χ3n) is 7.38. The van der Waals surface area contributed by atoms with Gasteiger partial charge in [0.05, 0.1) is 10.6 Å². The molecule has 1 atom stereocenters. The molecule has 0 aliphatic rings. The zero-order chi connectivity index (χ0) is 32.6. The van der Waals surface area contributed by atoms with E-state index in [0.717, 1.165) is 15.4 Å². The molecule has 7 nitrogen and oxygen atoms in total. The van der Waals surface area contributed by atoms with Crippen LogP contribution in [0.25, 0.3) is 0 Å². The monoisotopic (exact) mass is 665 g/mol. The number of carbonyl (C=O) groups excluding carboxylic acids is 2. The lowest BCUT2D eigenvalue weighted by Crippen LogP contribution is -2.53. The molecule has 0 aliphatic heterocycles. The van der Waals surface area contributed by atoms with Gasteiger partial charge < -0.3 is 10.2 Å². The molecule has 45 heavy (non-hydrogen) atoms. The zero-order valence-corrected chi connectivity index (χ0v) is 27.9. The van der Waals surface area contributed by atoms with Crippen molar-refractivity contribution in [2.24, 2.45) is 0 Å². The fourth-order valence-corrected chi connectivity index (χ4v) is 6.92. The predicted octanol–water partition coefficient (Wildman–Crippen LogP) is 6.97. The maximum absolute atomic E-state index is 14.5. The molecule has 2 amide bonds. The van der Waals surface area contributed by atoms with Gasteiger partial charge in [0.15, 0.2) is 0 Å². The minimum atomic E-state index is -4.21. The highest BCUT2D eigenvalue weighted by Crippen LogP contribution is 2.30. The van der Waals surface area contributed by atoms with E-state index in [-0.39, 0.29) is 23.8 Å². The Morgan fingerprint density at radius 3 is 2.13 bits per heavy atom. The number of nitrogens with one attached hydrogen (secondary N) is 1. The Hall–Kier alpha value is -3.85. The first-order valence-corrected chi connectivity index (χ1v) is 16.9. The highest BCUT2D eigenvalue weighted by Gasteiger charge is 2.35. The molecule has 4 aromatic carbocycles. The fraction of sp³-hybridized carbons (Fsp3) is 0.257. The normalized spacial score (nSPS) is 11.9. The highest BCUT2D eigenvalue weighted by atomic mass is 35.5. The van der Waals surface area contributed by atoms with Gasteiger partial charge in [0.2, 0.25) is 11.8 Å². The van der Waals surface area contributed by atoms with Crippen molar-refractivity contribution in [1.29, 1.82) is 0 Å². The molecule has 0 bridgehead atoms. The third kappa shape index (κ3) is 8.87. The summed E-state index contributed by atoms with van der Waals surface area (Å²) in [7, 11) is -4.21. The number of hydrogen-bond donors (Lipinski definition) is 1. The lowest BCUT2D eigenvalue weighted by Gasteiger charge is -2.34. The fourth-order valence-electron chi connectivity index (χ4n) is 5.00. The van der Waals surface area contributed by atoms with Gasteiger partial charge in [-0.25, -0.2) is 8.42 Å². The third-order valence-corrected chi connectivity index (χ3v) is 9.62. The van der Waals surface area contributed by atoms with Gasteiger partial charge in [-0.3, -0.25) is 13.9 Å². The van der Waals surface area contributed by atoms with Crippen molar-refractivity contribution in [3.05, 3.63) is 129 Å². The number of amides is 2. The summed E-state index contributed by atoms with van der Waals surface area (Å²) < 4.78 is 29.5. The van der Waals surface area contributed by atoms with Crippen LogP contribution in [0.1, 0.15) is 35.6 Å². The molecule has 1 unspecified atom stereocenters. The van der Waals surface area contributed by atoms with Gasteiger partial charge in [0.25, 0.3) is 10.0 Å². The van der Waals surface area contributed by atoms with Crippen LogP contribution in [0.2, 0.25) is 10.0 Å². The van der Waals surface area contributed by atoms with E-state index in [1.807, 2.05) is 50.2 Å². The molecule has 4 aromatic rings. The number of halogens is 2. The molecule has 0 aromatic heterocycles. The molecular formula is C35H37Cl2N3O4S. The van der Waals surface area contributed by atoms with Crippen LogP contribution in [-0.4, -0.2) is 44.3 Å². The molecule has 0 heterocycles. The van der Waals surface area contributed by atoms with Gasteiger partial charge in [0, 0.05) is 29.6 Å². The average molecular weight is 667 g/mol. The molecule has 0 spiro atoms. The number of aryl methyl sites for hydroxylation is 2. The first-order chi connectivity index (χ1) is 21.5. The number of rotatable bonds is 13. The van der Waals surface area contributed by atoms with E-state index in [1.54, 1.807) is 55.5 Å². The van der Waals surface area contributed by atoms with Crippen molar-refractivity contribution in [2.45, 2.75) is 51.1 Å². The molecule has 0 radical (unpaired) electrons. The number of carbonyl (C=O) groups is 2. The van der Waals surface area contributed by atoms with E-state index in [0.29, 0.717) is 39.8 Å². The summed E-state index contributed by atoms with van der Waals surface area (Å²) in [6.07, 6.45) is 0.942. The lowest BCUT2D eigenvalue weighted by molar-refractivity contribution is -0.140. The van der Waals surface area contributed by atoms with E-state index in [9.17, 15) is 18.0 Å². The van der Waals surface area contributed by atoms with E-state index in [2.05, 4.69) is 5.32 Å². The van der Waals surface area contributed by atoms with Crippen LogP contribution < -0.4 is 9.62 Å². The largest absolute Gasteiger partial charge is 0.354 e. The number of sulfonamides is 1. The van der Waals surface area contributed by atoms with Crippen LogP contribution in [-0.2, 0) is 32.6 Å². The van der Waals surface area contributed by atoms with E-state index in [1.165, 1.54) is 17.0 Å². The first-order valence-electron chi connectivity index (χ1n) is 14.7. The first kappa shape index (κ1) is 34.0. The van der Waals surface area contributed by atoms with Gasteiger partial charge in [-0.05, 0) is 79.4 Å². The Balaban J connectivity index is 1.82. The van der Waals surface area contributed by atoms with Gasteiger partial charge in [-0.1, -0.05) is 90.3 Å². The Morgan fingerprint density at radius 1 is 0.822 bits per heavy atom. The number of hydrogen-bond acceptors (Lipinski definition) is 4. The average Bonchev–Trinajstić information content (AvgIpc) is 3.01. The Morgan fingerprint density at radius 2 is 1.49 bits per heavy atom. The van der Waals surface area contributed by atoms with Crippen LogP contribution >= 0.6 is 23.2 Å². The second kappa shape index (κ2) is 15.4. The molecule has 0 saturated carbocycles. The minimum absolute atomic E-state index is 0.0362. The van der Waals surface area contributed by atoms with Gasteiger partial charge in [0.1, 0.15) is 12.6 Å². The van der Waals surface area contributed by atoms with Gasteiger partial charge in [-0.15, -0.1) is 0 Å². The van der Waals surface area contributed by atoms with Crippen LogP contribution in [0.3, 0.4) is 0 Å². The summed E-state index contributed by atoms with van der Waals surface area (Å²) in [5.41, 5.74) is 3.34. The summed E-state index contributed by atoms with van der Waals surface area (Å²) in [6, 6.07) is 26.8. The molecule has 236 valence electrons. The van der Waals surface area contributed by atoms with Gasteiger partial charge >= 0.3 is 0 Å².